The van der Waals surface area contributed by atoms with Gasteiger partial charge in [0.15, 0.2) is 4.34 Å². The Labute approximate surface area is 156 Å². The van der Waals surface area contributed by atoms with Gasteiger partial charge in [-0.2, -0.15) is 0 Å². The van der Waals surface area contributed by atoms with E-state index in [0.717, 1.165) is 47.7 Å². The number of thioether (sulfide) groups is 1. The highest BCUT2D eigenvalue weighted by Crippen LogP contribution is 2.31. The summed E-state index contributed by atoms with van der Waals surface area (Å²) in [6.07, 6.45) is 6.71. The van der Waals surface area contributed by atoms with E-state index in [0.29, 0.717) is 5.92 Å². The summed E-state index contributed by atoms with van der Waals surface area (Å²) in [4.78, 5) is 15.3. The molecule has 0 radical (unpaired) electrons. The Morgan fingerprint density at radius 1 is 1.36 bits per heavy atom. The van der Waals surface area contributed by atoms with Gasteiger partial charge in [0.25, 0.3) is 0 Å². The molecule has 134 valence electrons. The topological polar surface area (TPSA) is 62.2 Å². The molecular weight excluding hydrogens is 352 g/mol. The average molecular weight is 377 g/mol. The summed E-state index contributed by atoms with van der Waals surface area (Å²) in [5, 5.41) is 11.4. The molecule has 0 spiro atoms. The van der Waals surface area contributed by atoms with Gasteiger partial charge in [0.2, 0.25) is 0 Å². The van der Waals surface area contributed by atoms with Crippen LogP contribution < -0.4 is 5.32 Å². The molecule has 0 saturated heterocycles. The zero-order valence-corrected chi connectivity index (χ0v) is 16.0. The second-order valence-electron chi connectivity index (χ2n) is 6.69. The largest absolute Gasteiger partial charge is 0.465 e. The van der Waals surface area contributed by atoms with Crippen molar-refractivity contribution in [3.05, 3.63) is 35.9 Å². The number of aromatic nitrogens is 1. The van der Waals surface area contributed by atoms with Crippen LogP contribution in [-0.4, -0.2) is 28.0 Å². The number of amides is 1. The third-order valence-corrected chi connectivity index (χ3v) is 7.04. The third kappa shape index (κ3) is 5.47. The van der Waals surface area contributed by atoms with Gasteiger partial charge in [-0.1, -0.05) is 35.5 Å². The van der Waals surface area contributed by atoms with Crippen molar-refractivity contribution in [3.8, 4) is 0 Å². The average Bonchev–Trinajstić information content (AvgIpc) is 3.02. The lowest BCUT2D eigenvalue weighted by molar-refractivity contribution is 0.182. The lowest BCUT2D eigenvalue weighted by atomic mass is 9.84. The summed E-state index contributed by atoms with van der Waals surface area (Å²) >= 11 is 3.57. The summed E-state index contributed by atoms with van der Waals surface area (Å²) in [5.41, 5.74) is 2.48. The molecule has 1 amide bonds. The maximum atomic E-state index is 10.7. The minimum Gasteiger partial charge on any atom is -0.465 e. The molecule has 0 unspecified atom stereocenters. The Morgan fingerprint density at radius 3 is 2.84 bits per heavy atom. The molecule has 6 heteroatoms. The molecule has 4 nitrogen and oxygen atoms in total. The van der Waals surface area contributed by atoms with Gasteiger partial charge in [-0.3, -0.25) is 0 Å². The van der Waals surface area contributed by atoms with Crippen LogP contribution in [0.15, 0.2) is 40.3 Å². The van der Waals surface area contributed by atoms with Crippen LogP contribution in [0.25, 0.3) is 10.2 Å². The molecule has 3 rings (SSSR count). The second-order valence-corrected chi connectivity index (χ2v) is 8.94. The number of rotatable bonds is 6. The van der Waals surface area contributed by atoms with Crippen LogP contribution in [0.4, 0.5) is 4.79 Å². The molecule has 2 N–H and O–H groups in total. The Kier molecular flexibility index (Phi) is 6.37. The van der Waals surface area contributed by atoms with Crippen LogP contribution in [0.2, 0.25) is 0 Å². The summed E-state index contributed by atoms with van der Waals surface area (Å²) in [7, 11) is 0. The minimum atomic E-state index is -0.897. The zero-order valence-electron chi connectivity index (χ0n) is 14.4. The molecule has 2 aromatic rings. The van der Waals surface area contributed by atoms with Crippen LogP contribution >= 0.6 is 23.1 Å². The predicted molar refractivity (Wildman–Crippen MR) is 106 cm³/mol. The molecule has 1 fully saturated rings. The number of benzene rings is 1. The Bertz CT molecular complexity index is 716. The number of hydrogen-bond donors (Lipinski definition) is 2. The standard InChI is InChI=1S/C19H24N2O2S2/c1-13(6-7-14-8-10-15(11-9-14)20-18(22)23)12-24-19-21-16-4-2-3-5-17(16)25-19/h2-6,14-15,20H,7-12H2,1H3,(H,22,23)/b13-6+/t14-,15-. The van der Waals surface area contributed by atoms with E-state index in [1.54, 1.807) is 11.3 Å². The first-order valence-corrected chi connectivity index (χ1v) is 10.5. The fraction of sp³-hybridized carbons (Fsp3) is 0.474. The van der Waals surface area contributed by atoms with Crippen molar-refractivity contribution in [2.24, 2.45) is 5.92 Å². The van der Waals surface area contributed by atoms with E-state index in [1.807, 2.05) is 17.8 Å². The van der Waals surface area contributed by atoms with Crippen molar-refractivity contribution in [3.63, 3.8) is 0 Å². The highest BCUT2D eigenvalue weighted by Gasteiger charge is 2.21. The molecule has 1 aliphatic carbocycles. The Hall–Kier alpha value is -1.53. The highest BCUT2D eigenvalue weighted by atomic mass is 32.2. The Morgan fingerprint density at radius 2 is 2.12 bits per heavy atom. The summed E-state index contributed by atoms with van der Waals surface area (Å²) in [5.74, 6) is 1.67. The molecule has 1 heterocycles. The predicted octanol–water partition coefficient (Wildman–Crippen LogP) is 5.55. The molecule has 0 aliphatic heterocycles. The summed E-state index contributed by atoms with van der Waals surface area (Å²) in [6.45, 7) is 2.19. The number of para-hydroxylation sites is 1. The van der Waals surface area contributed by atoms with Gasteiger partial charge in [0, 0.05) is 11.8 Å². The number of carboxylic acid groups (broad SMARTS) is 1. The number of nitrogens with one attached hydrogen (secondary N) is 1. The first kappa shape index (κ1) is 18.3. The number of fused-ring (bicyclic) bond motifs is 1. The number of allylic oxidation sites excluding steroid dienone is 1. The van der Waals surface area contributed by atoms with Crippen LogP contribution in [0, 0.1) is 5.92 Å². The summed E-state index contributed by atoms with van der Waals surface area (Å²) in [6, 6.07) is 8.42. The molecule has 0 bridgehead atoms. The number of carbonyl (C=O) groups is 1. The molecule has 1 aliphatic rings. The number of nitrogens with zero attached hydrogens (tertiary/aromatic N) is 1. The van der Waals surface area contributed by atoms with E-state index in [-0.39, 0.29) is 6.04 Å². The molecule has 1 aromatic heterocycles. The third-order valence-electron chi connectivity index (χ3n) is 4.67. The van der Waals surface area contributed by atoms with Crippen LogP contribution in [0.3, 0.4) is 0 Å². The van der Waals surface area contributed by atoms with Crippen molar-refractivity contribution >= 4 is 39.4 Å². The van der Waals surface area contributed by atoms with Crippen LogP contribution in [0.1, 0.15) is 39.0 Å². The van der Waals surface area contributed by atoms with Gasteiger partial charge >= 0.3 is 6.09 Å². The van der Waals surface area contributed by atoms with E-state index < -0.39 is 6.09 Å². The molecule has 25 heavy (non-hydrogen) atoms. The van der Waals surface area contributed by atoms with Crippen molar-refractivity contribution < 1.29 is 9.90 Å². The lowest BCUT2D eigenvalue weighted by Gasteiger charge is -2.27. The minimum absolute atomic E-state index is 0.147. The molecule has 1 aromatic carbocycles. The lowest BCUT2D eigenvalue weighted by Crippen LogP contribution is -2.36. The highest BCUT2D eigenvalue weighted by molar-refractivity contribution is 8.01. The zero-order chi connectivity index (χ0) is 17.6. The first-order chi connectivity index (χ1) is 12.1. The van der Waals surface area contributed by atoms with Gasteiger partial charge in [0.1, 0.15) is 0 Å². The van der Waals surface area contributed by atoms with Crippen molar-refractivity contribution in [2.45, 2.75) is 49.4 Å². The fourth-order valence-corrected chi connectivity index (χ4v) is 5.24. The van der Waals surface area contributed by atoms with Crippen LogP contribution in [0.5, 0.6) is 0 Å². The van der Waals surface area contributed by atoms with Crippen molar-refractivity contribution in [2.75, 3.05) is 5.75 Å². The van der Waals surface area contributed by atoms with Crippen molar-refractivity contribution in [1.82, 2.24) is 10.3 Å². The normalized spacial score (nSPS) is 21.4. The van der Waals surface area contributed by atoms with Crippen molar-refractivity contribution in [1.29, 1.82) is 0 Å². The monoisotopic (exact) mass is 376 g/mol. The van der Waals surface area contributed by atoms with E-state index in [2.05, 4.69) is 41.5 Å². The quantitative estimate of drug-likeness (QED) is 0.512. The maximum Gasteiger partial charge on any atom is 0.404 e. The molecular formula is C19H24N2O2S2. The first-order valence-electron chi connectivity index (χ1n) is 8.73. The number of hydrogen-bond acceptors (Lipinski definition) is 4. The van der Waals surface area contributed by atoms with E-state index in [4.69, 9.17) is 5.11 Å². The van der Waals surface area contributed by atoms with Gasteiger partial charge in [-0.05, 0) is 57.1 Å². The molecule has 0 atom stereocenters. The fourth-order valence-electron chi connectivity index (χ4n) is 3.23. The van der Waals surface area contributed by atoms with Gasteiger partial charge < -0.3 is 10.4 Å². The number of thiazole rings is 1. The van der Waals surface area contributed by atoms with Gasteiger partial charge in [0.05, 0.1) is 10.2 Å². The molecule has 1 saturated carbocycles. The summed E-state index contributed by atoms with van der Waals surface area (Å²) < 4.78 is 2.38. The SMILES string of the molecule is C/C(=C\C[C@H]1CC[C@H](NC(=O)O)CC1)CSc1nc2ccccc2s1. The van der Waals surface area contributed by atoms with E-state index in [9.17, 15) is 4.79 Å². The van der Waals surface area contributed by atoms with Crippen LogP contribution in [-0.2, 0) is 0 Å². The smallest absolute Gasteiger partial charge is 0.404 e. The van der Waals surface area contributed by atoms with Gasteiger partial charge in [-0.25, -0.2) is 9.78 Å². The maximum absolute atomic E-state index is 10.7. The van der Waals surface area contributed by atoms with E-state index >= 15 is 0 Å². The van der Waals surface area contributed by atoms with E-state index in [1.165, 1.54) is 10.3 Å². The second kappa shape index (κ2) is 8.72. The Balaban J connectivity index is 1.42. The van der Waals surface area contributed by atoms with Gasteiger partial charge in [-0.15, -0.1) is 11.3 Å².